The molecular formula is C16H17ClF2N4O2S. The van der Waals surface area contributed by atoms with E-state index < -0.39 is 17.5 Å². The molecule has 0 atom stereocenters. The van der Waals surface area contributed by atoms with Gasteiger partial charge < -0.3 is 15.5 Å². The summed E-state index contributed by atoms with van der Waals surface area (Å²) in [6, 6.07) is 2.87. The summed E-state index contributed by atoms with van der Waals surface area (Å²) in [6.07, 6.45) is 0. The fourth-order valence-corrected chi connectivity index (χ4v) is 3.26. The van der Waals surface area contributed by atoms with Crippen molar-refractivity contribution in [2.75, 3.05) is 26.2 Å². The zero-order valence-electron chi connectivity index (χ0n) is 13.7. The Hall–Kier alpha value is -2.10. The van der Waals surface area contributed by atoms with Crippen molar-refractivity contribution in [3.8, 4) is 0 Å². The second-order valence-electron chi connectivity index (χ2n) is 5.54. The largest absolute Gasteiger partial charge is 0.335 e. The summed E-state index contributed by atoms with van der Waals surface area (Å²) < 4.78 is 26.7. The number of benzene rings is 1. The molecule has 6 nitrogen and oxygen atoms in total. The van der Waals surface area contributed by atoms with Gasteiger partial charge in [0.15, 0.2) is 0 Å². The van der Waals surface area contributed by atoms with Crippen LogP contribution in [0.4, 0.5) is 8.78 Å². The Balaban J connectivity index is 0.00000243. The number of hydrogen-bond acceptors (Lipinski definition) is 5. The zero-order chi connectivity index (χ0) is 18.0. The molecule has 0 saturated carbocycles. The average Bonchev–Trinajstić information content (AvgIpc) is 3.10. The predicted octanol–water partition coefficient (Wildman–Crippen LogP) is 1.90. The average molecular weight is 403 g/mol. The van der Waals surface area contributed by atoms with Crippen LogP contribution < -0.4 is 5.73 Å². The van der Waals surface area contributed by atoms with Crippen LogP contribution in [0.25, 0.3) is 0 Å². The van der Waals surface area contributed by atoms with Crippen LogP contribution in [-0.2, 0) is 6.54 Å². The molecule has 2 N–H and O–H groups in total. The van der Waals surface area contributed by atoms with Gasteiger partial charge in [0.05, 0.1) is 5.56 Å². The number of hydrogen-bond donors (Lipinski definition) is 1. The molecule has 0 bridgehead atoms. The van der Waals surface area contributed by atoms with Gasteiger partial charge in [-0.25, -0.2) is 13.8 Å². The monoisotopic (exact) mass is 402 g/mol. The van der Waals surface area contributed by atoms with Gasteiger partial charge in [-0.3, -0.25) is 9.59 Å². The predicted molar refractivity (Wildman–Crippen MR) is 95.4 cm³/mol. The number of halogens is 3. The standard InChI is InChI=1S/C16H16F2N4O2S.ClH/c17-10-1-2-11(12(18)7-10)15(23)21-3-5-22(6-4-21)16(24)13-9-25-14(8-19)20-13;/h1-2,7,9H,3-6,8,19H2;1H. The molecule has 1 aliphatic heterocycles. The Labute approximate surface area is 159 Å². The molecule has 2 amide bonds. The Morgan fingerprint density at radius 3 is 2.27 bits per heavy atom. The van der Waals surface area contributed by atoms with Crippen LogP contribution in [0.15, 0.2) is 23.6 Å². The lowest BCUT2D eigenvalue weighted by Crippen LogP contribution is -2.50. The second kappa shape index (κ2) is 8.52. The van der Waals surface area contributed by atoms with E-state index in [2.05, 4.69) is 4.98 Å². The summed E-state index contributed by atoms with van der Waals surface area (Å²) in [7, 11) is 0. The molecule has 3 rings (SSSR count). The van der Waals surface area contributed by atoms with E-state index in [0.29, 0.717) is 29.9 Å². The van der Waals surface area contributed by atoms with Crippen LogP contribution in [0.2, 0.25) is 0 Å². The smallest absolute Gasteiger partial charge is 0.273 e. The van der Waals surface area contributed by atoms with Gasteiger partial charge >= 0.3 is 0 Å². The topological polar surface area (TPSA) is 79.5 Å². The lowest BCUT2D eigenvalue weighted by Gasteiger charge is -2.34. The van der Waals surface area contributed by atoms with E-state index >= 15 is 0 Å². The fraction of sp³-hybridized carbons (Fsp3) is 0.312. The van der Waals surface area contributed by atoms with Gasteiger partial charge in [-0.15, -0.1) is 23.7 Å². The van der Waals surface area contributed by atoms with Gasteiger partial charge in [-0.2, -0.15) is 0 Å². The molecule has 1 aromatic heterocycles. The summed E-state index contributed by atoms with van der Waals surface area (Å²) in [5.74, 6) is -2.34. The van der Waals surface area contributed by atoms with Gasteiger partial charge in [0.2, 0.25) is 0 Å². The molecule has 0 spiro atoms. The number of carbonyl (C=O) groups is 2. The van der Waals surface area contributed by atoms with Crippen LogP contribution in [-0.4, -0.2) is 52.8 Å². The van der Waals surface area contributed by atoms with Crippen molar-refractivity contribution in [3.63, 3.8) is 0 Å². The van der Waals surface area contributed by atoms with E-state index in [1.54, 1.807) is 10.3 Å². The second-order valence-corrected chi connectivity index (χ2v) is 6.48. The summed E-state index contributed by atoms with van der Waals surface area (Å²) >= 11 is 1.33. The SMILES string of the molecule is Cl.NCc1nc(C(=O)N2CCN(C(=O)c3ccc(F)cc3F)CC2)cs1. The molecule has 140 valence electrons. The lowest BCUT2D eigenvalue weighted by molar-refractivity contribution is 0.0530. The van der Waals surface area contributed by atoms with E-state index in [-0.39, 0.29) is 43.5 Å². The number of aromatic nitrogens is 1. The normalized spacial score (nSPS) is 14.1. The van der Waals surface area contributed by atoms with Gasteiger partial charge in [-0.1, -0.05) is 0 Å². The van der Waals surface area contributed by atoms with Crippen LogP contribution in [0.5, 0.6) is 0 Å². The van der Waals surface area contributed by atoms with E-state index in [0.717, 1.165) is 12.1 Å². The van der Waals surface area contributed by atoms with Crippen molar-refractivity contribution in [2.24, 2.45) is 5.73 Å². The van der Waals surface area contributed by atoms with E-state index in [4.69, 9.17) is 5.73 Å². The highest BCUT2D eigenvalue weighted by atomic mass is 35.5. The highest BCUT2D eigenvalue weighted by molar-refractivity contribution is 7.09. The fourth-order valence-electron chi connectivity index (χ4n) is 2.61. The highest BCUT2D eigenvalue weighted by Gasteiger charge is 2.27. The number of nitrogens with two attached hydrogens (primary N) is 1. The lowest BCUT2D eigenvalue weighted by atomic mass is 10.1. The van der Waals surface area contributed by atoms with Gasteiger partial charge in [0.1, 0.15) is 22.3 Å². The zero-order valence-corrected chi connectivity index (χ0v) is 15.3. The molecule has 1 saturated heterocycles. The van der Waals surface area contributed by atoms with Crippen molar-refractivity contribution in [1.82, 2.24) is 14.8 Å². The molecular weight excluding hydrogens is 386 g/mol. The maximum atomic E-state index is 13.7. The molecule has 2 heterocycles. The van der Waals surface area contributed by atoms with Crippen LogP contribution in [0.3, 0.4) is 0 Å². The van der Waals surface area contributed by atoms with Gasteiger partial charge in [-0.05, 0) is 12.1 Å². The third-order valence-electron chi connectivity index (χ3n) is 3.96. The Morgan fingerprint density at radius 2 is 1.73 bits per heavy atom. The molecule has 2 aromatic rings. The Morgan fingerprint density at radius 1 is 1.12 bits per heavy atom. The first-order valence-corrected chi connectivity index (χ1v) is 8.55. The third kappa shape index (κ3) is 4.17. The Kier molecular flexibility index (Phi) is 6.63. The number of thiazole rings is 1. The first kappa shape index (κ1) is 20.2. The minimum Gasteiger partial charge on any atom is -0.335 e. The molecule has 0 radical (unpaired) electrons. The first-order chi connectivity index (χ1) is 12.0. The van der Waals surface area contributed by atoms with E-state index in [1.807, 2.05) is 0 Å². The van der Waals surface area contributed by atoms with E-state index in [1.165, 1.54) is 16.2 Å². The van der Waals surface area contributed by atoms with Gasteiger partial charge in [0.25, 0.3) is 11.8 Å². The number of rotatable bonds is 3. The summed E-state index contributed by atoms with van der Waals surface area (Å²) in [5, 5.41) is 2.35. The number of carbonyl (C=O) groups excluding carboxylic acids is 2. The summed E-state index contributed by atoms with van der Waals surface area (Å²) in [6.45, 7) is 1.47. The molecule has 0 unspecified atom stereocenters. The molecule has 1 aromatic carbocycles. The number of amides is 2. The minimum absolute atomic E-state index is 0. The van der Waals surface area contributed by atoms with Crippen LogP contribution in [0.1, 0.15) is 25.9 Å². The van der Waals surface area contributed by atoms with Crippen molar-refractivity contribution in [1.29, 1.82) is 0 Å². The quantitative estimate of drug-likeness (QED) is 0.850. The van der Waals surface area contributed by atoms with Crippen molar-refractivity contribution in [2.45, 2.75) is 6.54 Å². The maximum Gasteiger partial charge on any atom is 0.273 e. The molecule has 1 fully saturated rings. The molecule has 26 heavy (non-hydrogen) atoms. The molecule has 0 aliphatic carbocycles. The highest BCUT2D eigenvalue weighted by Crippen LogP contribution is 2.16. The van der Waals surface area contributed by atoms with Crippen molar-refractivity contribution < 1.29 is 18.4 Å². The molecule has 10 heteroatoms. The van der Waals surface area contributed by atoms with Crippen LogP contribution >= 0.6 is 23.7 Å². The first-order valence-electron chi connectivity index (χ1n) is 7.67. The summed E-state index contributed by atoms with van der Waals surface area (Å²) in [5.41, 5.74) is 5.66. The Bertz CT molecular complexity index is 809. The number of piperazine rings is 1. The van der Waals surface area contributed by atoms with Gasteiger partial charge in [0, 0.05) is 44.2 Å². The number of nitrogens with zero attached hydrogens (tertiary/aromatic N) is 3. The van der Waals surface area contributed by atoms with E-state index in [9.17, 15) is 18.4 Å². The minimum atomic E-state index is -0.889. The maximum absolute atomic E-state index is 13.7. The van der Waals surface area contributed by atoms with Crippen LogP contribution in [0, 0.1) is 11.6 Å². The van der Waals surface area contributed by atoms with Crippen molar-refractivity contribution >= 4 is 35.6 Å². The molecule has 1 aliphatic rings. The third-order valence-corrected chi connectivity index (χ3v) is 4.83. The van der Waals surface area contributed by atoms with Crippen molar-refractivity contribution in [3.05, 3.63) is 51.5 Å². The summed E-state index contributed by atoms with van der Waals surface area (Å²) in [4.78, 5) is 32.0.